The van der Waals surface area contributed by atoms with Crippen LogP contribution < -0.4 is 15.5 Å². The average molecular weight is 581 g/mol. The molecule has 208 valence electrons. The fourth-order valence-electron chi connectivity index (χ4n) is 5.09. The van der Waals surface area contributed by atoms with Gasteiger partial charge < -0.3 is 25.3 Å². The first-order chi connectivity index (χ1) is 19.4. The van der Waals surface area contributed by atoms with Crippen molar-refractivity contribution in [2.45, 2.75) is 6.42 Å². The van der Waals surface area contributed by atoms with E-state index in [1.165, 1.54) is 0 Å². The number of carbonyl (C=O) groups is 3. The number of halogens is 2. The molecule has 2 aliphatic heterocycles. The molecule has 0 unspecified atom stereocenters. The Labute approximate surface area is 243 Å². The van der Waals surface area contributed by atoms with Crippen LogP contribution in [-0.2, 0) is 0 Å². The highest BCUT2D eigenvalue weighted by molar-refractivity contribution is 6.31. The van der Waals surface area contributed by atoms with Gasteiger partial charge in [0.25, 0.3) is 17.7 Å². The first-order valence-electron chi connectivity index (χ1n) is 13.4. The first-order valence-corrected chi connectivity index (χ1v) is 14.2. The van der Waals surface area contributed by atoms with Crippen molar-refractivity contribution in [1.29, 1.82) is 0 Å². The van der Waals surface area contributed by atoms with Crippen molar-refractivity contribution in [2.75, 3.05) is 62.6 Å². The largest absolute Gasteiger partial charge is 0.368 e. The molecule has 0 atom stereocenters. The van der Waals surface area contributed by atoms with Crippen molar-refractivity contribution >= 4 is 52.3 Å². The Bertz CT molecular complexity index is 1410. The van der Waals surface area contributed by atoms with E-state index in [9.17, 15) is 14.4 Å². The number of carbonyl (C=O) groups excluding carboxylic acids is 3. The molecule has 10 heteroatoms. The zero-order valence-corrected chi connectivity index (χ0v) is 23.5. The standard InChI is InChI=1S/C30H31Cl2N5O3/c31-24-6-1-4-21(18-24)28(38)34-26-20-23(30(40)37-14-10-33-11-15-37)8-9-27(26)35-12-3-13-36(17-16-35)29(39)22-5-2-7-25(32)19-22/h1-2,4-9,18-20,33H,3,10-17H2,(H,34,38). The van der Waals surface area contributed by atoms with E-state index in [-0.39, 0.29) is 17.7 Å². The van der Waals surface area contributed by atoms with Gasteiger partial charge in [0.1, 0.15) is 0 Å². The summed E-state index contributed by atoms with van der Waals surface area (Å²) >= 11 is 12.2. The molecule has 3 aromatic carbocycles. The summed E-state index contributed by atoms with van der Waals surface area (Å²) in [6.45, 7) is 5.13. The monoisotopic (exact) mass is 579 g/mol. The predicted molar refractivity (Wildman–Crippen MR) is 159 cm³/mol. The Morgan fingerprint density at radius 1 is 0.675 bits per heavy atom. The molecule has 0 radical (unpaired) electrons. The zero-order chi connectivity index (χ0) is 28.1. The summed E-state index contributed by atoms with van der Waals surface area (Å²) in [5.41, 5.74) is 2.84. The lowest BCUT2D eigenvalue weighted by Crippen LogP contribution is -2.46. The lowest BCUT2D eigenvalue weighted by molar-refractivity contribution is 0.0734. The fourth-order valence-corrected chi connectivity index (χ4v) is 5.47. The topological polar surface area (TPSA) is 85.0 Å². The van der Waals surface area contributed by atoms with Crippen molar-refractivity contribution in [3.8, 4) is 0 Å². The maximum absolute atomic E-state index is 13.3. The molecule has 40 heavy (non-hydrogen) atoms. The summed E-state index contributed by atoms with van der Waals surface area (Å²) in [6, 6.07) is 19.2. The second kappa shape index (κ2) is 12.7. The first kappa shape index (κ1) is 28.0. The van der Waals surface area contributed by atoms with Crippen molar-refractivity contribution < 1.29 is 14.4 Å². The third-order valence-corrected chi connectivity index (χ3v) is 7.65. The number of hydrogen-bond acceptors (Lipinski definition) is 5. The molecule has 3 amide bonds. The van der Waals surface area contributed by atoms with Crippen LogP contribution in [0.15, 0.2) is 66.7 Å². The molecular formula is C30H31Cl2N5O3. The van der Waals surface area contributed by atoms with Crippen LogP contribution in [0.2, 0.25) is 10.0 Å². The van der Waals surface area contributed by atoms with E-state index in [1.54, 1.807) is 54.6 Å². The van der Waals surface area contributed by atoms with Gasteiger partial charge in [0.15, 0.2) is 0 Å². The van der Waals surface area contributed by atoms with Crippen molar-refractivity contribution in [3.63, 3.8) is 0 Å². The number of hydrogen-bond donors (Lipinski definition) is 2. The maximum atomic E-state index is 13.3. The van der Waals surface area contributed by atoms with Crippen LogP contribution in [0.25, 0.3) is 0 Å². The second-order valence-electron chi connectivity index (χ2n) is 9.88. The van der Waals surface area contributed by atoms with Gasteiger partial charge in [-0.05, 0) is 61.0 Å². The van der Waals surface area contributed by atoms with Crippen molar-refractivity contribution in [2.24, 2.45) is 0 Å². The van der Waals surface area contributed by atoms with Crippen molar-refractivity contribution in [3.05, 3.63) is 93.5 Å². The molecule has 2 aliphatic rings. The molecule has 0 bridgehead atoms. The minimum absolute atomic E-state index is 0.0594. The summed E-state index contributed by atoms with van der Waals surface area (Å²) in [5, 5.41) is 7.27. The number of anilines is 2. The Morgan fingerprint density at radius 3 is 2.00 bits per heavy atom. The van der Waals surface area contributed by atoms with E-state index in [0.717, 1.165) is 25.2 Å². The van der Waals surface area contributed by atoms with Gasteiger partial charge in [-0.1, -0.05) is 35.3 Å². The van der Waals surface area contributed by atoms with E-state index < -0.39 is 0 Å². The zero-order valence-electron chi connectivity index (χ0n) is 22.0. The molecule has 0 aromatic heterocycles. The average Bonchev–Trinajstić information content (AvgIpc) is 3.23. The Hall–Kier alpha value is -3.59. The van der Waals surface area contributed by atoms with Gasteiger partial charge in [0.2, 0.25) is 0 Å². The van der Waals surface area contributed by atoms with E-state index in [1.807, 2.05) is 21.9 Å². The Balaban J connectivity index is 1.39. The number of nitrogens with one attached hydrogen (secondary N) is 2. The molecule has 0 aliphatic carbocycles. The molecule has 2 N–H and O–H groups in total. The number of amides is 3. The molecule has 0 saturated carbocycles. The van der Waals surface area contributed by atoms with E-state index in [2.05, 4.69) is 15.5 Å². The normalized spacial score (nSPS) is 15.9. The number of rotatable bonds is 5. The van der Waals surface area contributed by atoms with Crippen LogP contribution in [0.4, 0.5) is 11.4 Å². The third-order valence-electron chi connectivity index (χ3n) is 7.18. The molecular weight excluding hydrogens is 549 g/mol. The highest BCUT2D eigenvalue weighted by Crippen LogP contribution is 2.30. The molecule has 2 fully saturated rings. The predicted octanol–water partition coefficient (Wildman–Crippen LogP) is 4.64. The quantitative estimate of drug-likeness (QED) is 0.460. The summed E-state index contributed by atoms with van der Waals surface area (Å²) in [6.07, 6.45) is 0.745. The Morgan fingerprint density at radius 2 is 1.30 bits per heavy atom. The van der Waals surface area contributed by atoms with E-state index in [4.69, 9.17) is 23.2 Å². The number of nitrogens with zero attached hydrogens (tertiary/aromatic N) is 3. The molecule has 5 rings (SSSR count). The maximum Gasteiger partial charge on any atom is 0.255 e. The SMILES string of the molecule is O=C(Nc1cc(C(=O)N2CCNCC2)ccc1N1CCCN(C(=O)c2cccc(Cl)c2)CC1)c1cccc(Cl)c1. The highest BCUT2D eigenvalue weighted by Gasteiger charge is 2.25. The van der Waals surface area contributed by atoms with Crippen molar-refractivity contribution in [1.82, 2.24) is 15.1 Å². The highest BCUT2D eigenvalue weighted by atomic mass is 35.5. The van der Waals surface area contributed by atoms with E-state index >= 15 is 0 Å². The number of benzene rings is 3. The Kier molecular flexibility index (Phi) is 8.89. The molecule has 8 nitrogen and oxygen atoms in total. The smallest absolute Gasteiger partial charge is 0.255 e. The van der Waals surface area contributed by atoms with Gasteiger partial charge >= 0.3 is 0 Å². The van der Waals surface area contributed by atoms with Crippen LogP contribution in [0.5, 0.6) is 0 Å². The van der Waals surface area contributed by atoms with Gasteiger partial charge in [-0.25, -0.2) is 0 Å². The summed E-state index contributed by atoms with van der Waals surface area (Å²) < 4.78 is 0. The summed E-state index contributed by atoms with van der Waals surface area (Å²) in [4.78, 5) is 45.4. The van der Waals surface area contributed by atoms with Crippen LogP contribution in [0, 0.1) is 0 Å². The molecule has 3 aromatic rings. The van der Waals surface area contributed by atoms with Gasteiger partial charge in [-0.15, -0.1) is 0 Å². The van der Waals surface area contributed by atoms with Crippen LogP contribution >= 0.6 is 23.2 Å². The number of piperazine rings is 1. The molecule has 2 saturated heterocycles. The van der Waals surface area contributed by atoms with Crippen LogP contribution in [0.3, 0.4) is 0 Å². The fraction of sp³-hybridized carbons (Fsp3) is 0.300. The minimum atomic E-state index is -0.317. The minimum Gasteiger partial charge on any atom is -0.368 e. The summed E-state index contributed by atoms with van der Waals surface area (Å²) in [7, 11) is 0. The third kappa shape index (κ3) is 6.58. The lowest BCUT2D eigenvalue weighted by atomic mass is 10.1. The summed E-state index contributed by atoms with van der Waals surface area (Å²) in [5.74, 6) is -0.445. The van der Waals surface area contributed by atoms with Gasteiger partial charge in [0, 0.05) is 79.1 Å². The van der Waals surface area contributed by atoms with Gasteiger partial charge in [-0.3, -0.25) is 14.4 Å². The van der Waals surface area contributed by atoms with Crippen LogP contribution in [-0.4, -0.2) is 79.9 Å². The molecule has 0 spiro atoms. The van der Waals surface area contributed by atoms with Gasteiger partial charge in [0.05, 0.1) is 11.4 Å². The van der Waals surface area contributed by atoms with Gasteiger partial charge in [-0.2, -0.15) is 0 Å². The second-order valence-corrected chi connectivity index (χ2v) is 10.8. The lowest BCUT2D eigenvalue weighted by Gasteiger charge is -2.29. The van der Waals surface area contributed by atoms with Crippen LogP contribution in [0.1, 0.15) is 37.5 Å². The molecule has 2 heterocycles. The van der Waals surface area contributed by atoms with E-state index in [0.29, 0.717) is 71.7 Å².